The molecule has 2 aliphatic heterocycles. The summed E-state index contributed by atoms with van der Waals surface area (Å²) in [6.45, 7) is 2.49. The molecule has 1 N–H and O–H groups in total. The molecule has 2 atom stereocenters. The summed E-state index contributed by atoms with van der Waals surface area (Å²) in [6.07, 6.45) is 0.248. The van der Waals surface area contributed by atoms with E-state index in [1.165, 1.54) is 11.8 Å². The van der Waals surface area contributed by atoms with Gasteiger partial charge in [-0.15, -0.1) is 0 Å². The predicted octanol–water partition coefficient (Wildman–Crippen LogP) is 1.85. The zero-order valence-corrected chi connectivity index (χ0v) is 16.6. The van der Waals surface area contributed by atoms with E-state index in [9.17, 15) is 18.0 Å². The van der Waals surface area contributed by atoms with E-state index in [1.807, 2.05) is 36.1 Å². The summed E-state index contributed by atoms with van der Waals surface area (Å²) in [7, 11) is -3.08. The first-order chi connectivity index (χ1) is 12.7. The van der Waals surface area contributed by atoms with Crippen LogP contribution in [0.5, 0.6) is 0 Å². The molecule has 0 saturated carbocycles. The Bertz CT molecular complexity index is 864. The van der Waals surface area contributed by atoms with E-state index >= 15 is 0 Å². The first-order valence-corrected chi connectivity index (χ1v) is 11.5. The average Bonchev–Trinajstić information content (AvgIpc) is 3.02. The molecule has 0 unspecified atom stereocenters. The van der Waals surface area contributed by atoms with Gasteiger partial charge in [0.25, 0.3) is 0 Å². The molecule has 146 valence electrons. The first-order valence-electron chi connectivity index (χ1n) is 8.76. The van der Waals surface area contributed by atoms with Gasteiger partial charge in [-0.3, -0.25) is 9.59 Å². The Labute approximate surface area is 162 Å². The number of rotatable bonds is 6. The van der Waals surface area contributed by atoms with E-state index in [1.54, 1.807) is 0 Å². The van der Waals surface area contributed by atoms with Crippen molar-refractivity contribution in [2.24, 2.45) is 4.99 Å². The van der Waals surface area contributed by atoms with Crippen LogP contribution < -0.4 is 0 Å². The topological polar surface area (TPSA) is 104 Å². The lowest BCUT2D eigenvalue weighted by Gasteiger charge is -2.24. The monoisotopic (exact) mass is 410 g/mol. The standard InChI is InChI=1S/C18H22N2O5S2/c1-12-5-7-13(8-6-12)9-20-14-10-27(24,25)11-15(14)26-18(20)19-16(21)3-2-4-17(22)23/h5-8,14-15H,2-4,9-11H2,1H3,(H,22,23)/t14-,15-/m0/s1. The van der Waals surface area contributed by atoms with Crippen molar-refractivity contribution >= 4 is 38.6 Å². The first kappa shape index (κ1) is 19.9. The highest BCUT2D eigenvalue weighted by Crippen LogP contribution is 2.39. The van der Waals surface area contributed by atoms with Crippen LogP contribution >= 0.6 is 11.8 Å². The van der Waals surface area contributed by atoms with Gasteiger partial charge < -0.3 is 10.0 Å². The number of amides is 1. The molecule has 27 heavy (non-hydrogen) atoms. The number of hydrogen-bond acceptors (Lipinski definition) is 5. The van der Waals surface area contributed by atoms with Gasteiger partial charge in [0.05, 0.1) is 17.5 Å². The smallest absolute Gasteiger partial charge is 0.303 e. The lowest BCUT2D eigenvalue weighted by Crippen LogP contribution is -2.37. The number of sulfone groups is 1. The van der Waals surface area contributed by atoms with Crippen LogP contribution in [0.4, 0.5) is 0 Å². The largest absolute Gasteiger partial charge is 0.481 e. The molecule has 0 bridgehead atoms. The average molecular weight is 411 g/mol. The number of carbonyl (C=O) groups excluding carboxylic acids is 1. The molecule has 7 nitrogen and oxygen atoms in total. The van der Waals surface area contributed by atoms with Gasteiger partial charge in [0.2, 0.25) is 5.91 Å². The maximum absolute atomic E-state index is 12.1. The van der Waals surface area contributed by atoms with Crippen molar-refractivity contribution in [2.45, 2.75) is 44.0 Å². The zero-order valence-electron chi connectivity index (χ0n) is 15.0. The molecule has 1 aromatic carbocycles. The maximum Gasteiger partial charge on any atom is 0.303 e. The number of carboxylic acid groups (broad SMARTS) is 1. The molecule has 0 radical (unpaired) electrons. The minimum absolute atomic E-state index is 0.0691. The summed E-state index contributed by atoms with van der Waals surface area (Å²) in [4.78, 5) is 28.8. The van der Waals surface area contributed by atoms with Gasteiger partial charge in [-0.05, 0) is 18.9 Å². The Hall–Kier alpha value is -1.87. The molecule has 1 amide bonds. The van der Waals surface area contributed by atoms with Crippen LogP contribution in [0.25, 0.3) is 0 Å². The molecule has 1 aromatic rings. The van der Waals surface area contributed by atoms with Crippen LogP contribution in [0.15, 0.2) is 29.3 Å². The Kier molecular flexibility index (Phi) is 5.90. The van der Waals surface area contributed by atoms with Gasteiger partial charge in [-0.2, -0.15) is 4.99 Å². The highest BCUT2D eigenvalue weighted by Gasteiger charge is 2.48. The minimum Gasteiger partial charge on any atom is -0.481 e. The lowest BCUT2D eigenvalue weighted by atomic mass is 10.1. The summed E-state index contributed by atoms with van der Waals surface area (Å²) in [5.41, 5.74) is 2.16. The van der Waals surface area contributed by atoms with Crippen LogP contribution in [-0.2, 0) is 26.0 Å². The molecule has 0 spiro atoms. The van der Waals surface area contributed by atoms with Crippen molar-refractivity contribution < 1.29 is 23.1 Å². The fourth-order valence-electron chi connectivity index (χ4n) is 3.26. The Morgan fingerprint density at radius 1 is 1.22 bits per heavy atom. The van der Waals surface area contributed by atoms with Crippen molar-refractivity contribution in [3.63, 3.8) is 0 Å². The third-order valence-electron chi connectivity index (χ3n) is 4.65. The molecule has 3 rings (SSSR count). The normalized spacial score (nSPS) is 24.9. The van der Waals surface area contributed by atoms with E-state index < -0.39 is 15.8 Å². The molecule has 2 aliphatic rings. The maximum atomic E-state index is 12.1. The summed E-state index contributed by atoms with van der Waals surface area (Å²) in [5, 5.41) is 9.10. The van der Waals surface area contributed by atoms with Crippen LogP contribution in [0.3, 0.4) is 0 Å². The summed E-state index contributed by atoms with van der Waals surface area (Å²) >= 11 is 1.34. The number of aryl methyl sites for hydroxylation is 1. The summed E-state index contributed by atoms with van der Waals surface area (Å²) < 4.78 is 24.0. The lowest BCUT2D eigenvalue weighted by molar-refractivity contribution is -0.137. The predicted molar refractivity (Wildman–Crippen MR) is 104 cm³/mol. The minimum atomic E-state index is -3.08. The van der Waals surface area contributed by atoms with Gasteiger partial charge in [0, 0.05) is 24.6 Å². The van der Waals surface area contributed by atoms with Crippen molar-refractivity contribution in [3.05, 3.63) is 35.4 Å². The highest BCUT2D eigenvalue weighted by atomic mass is 32.2. The number of hydrogen-bond donors (Lipinski definition) is 1. The molecular formula is C18H22N2O5S2. The summed E-state index contributed by atoms with van der Waals surface area (Å²) in [5.74, 6) is -1.14. The van der Waals surface area contributed by atoms with Crippen LogP contribution in [0.1, 0.15) is 30.4 Å². The number of benzene rings is 1. The summed E-state index contributed by atoms with van der Waals surface area (Å²) in [6, 6.07) is 7.78. The van der Waals surface area contributed by atoms with E-state index in [-0.39, 0.29) is 48.0 Å². The van der Waals surface area contributed by atoms with E-state index in [0.717, 1.165) is 11.1 Å². The van der Waals surface area contributed by atoms with Gasteiger partial charge in [-0.25, -0.2) is 8.42 Å². The van der Waals surface area contributed by atoms with Gasteiger partial charge in [0.15, 0.2) is 15.0 Å². The van der Waals surface area contributed by atoms with Crippen molar-refractivity contribution in [1.29, 1.82) is 0 Å². The molecule has 9 heteroatoms. The fraction of sp³-hybridized carbons (Fsp3) is 0.500. The van der Waals surface area contributed by atoms with Crippen LogP contribution in [-0.4, -0.2) is 58.3 Å². The quantitative estimate of drug-likeness (QED) is 0.763. The SMILES string of the molecule is Cc1ccc(CN2C(=NC(=O)CCCC(=O)O)S[C@H]3CS(=O)(=O)C[C@@H]32)cc1. The highest BCUT2D eigenvalue weighted by molar-refractivity contribution is 8.15. The van der Waals surface area contributed by atoms with E-state index in [4.69, 9.17) is 5.11 Å². The Morgan fingerprint density at radius 3 is 2.59 bits per heavy atom. The molecule has 0 aromatic heterocycles. The van der Waals surface area contributed by atoms with Crippen molar-refractivity contribution in [3.8, 4) is 0 Å². The second-order valence-corrected chi connectivity index (χ2v) is 10.3. The van der Waals surface area contributed by atoms with Gasteiger partial charge in [0.1, 0.15) is 0 Å². The van der Waals surface area contributed by atoms with Gasteiger partial charge >= 0.3 is 5.97 Å². The third kappa shape index (κ3) is 5.10. The fourth-order valence-corrected chi connectivity index (χ4v) is 7.23. The number of carboxylic acids is 1. The van der Waals surface area contributed by atoms with E-state index in [2.05, 4.69) is 4.99 Å². The van der Waals surface area contributed by atoms with Gasteiger partial charge in [-0.1, -0.05) is 41.6 Å². The third-order valence-corrected chi connectivity index (χ3v) is 7.90. The van der Waals surface area contributed by atoms with Crippen LogP contribution in [0.2, 0.25) is 0 Å². The molecule has 0 aliphatic carbocycles. The molecular weight excluding hydrogens is 388 g/mol. The number of amidine groups is 1. The zero-order chi connectivity index (χ0) is 19.6. The number of fused-ring (bicyclic) bond motifs is 1. The second-order valence-electron chi connectivity index (χ2n) is 6.95. The molecule has 2 fully saturated rings. The number of aliphatic carboxylic acids is 1. The van der Waals surface area contributed by atoms with Crippen molar-refractivity contribution in [2.75, 3.05) is 11.5 Å². The number of carbonyl (C=O) groups is 2. The van der Waals surface area contributed by atoms with Crippen LogP contribution in [0, 0.1) is 6.92 Å². The molecule has 2 heterocycles. The van der Waals surface area contributed by atoms with E-state index in [0.29, 0.717) is 11.7 Å². The second kappa shape index (κ2) is 8.02. The number of thioether (sulfide) groups is 1. The Balaban J connectivity index is 1.77. The van der Waals surface area contributed by atoms with Crippen molar-refractivity contribution in [1.82, 2.24) is 4.90 Å². The molecule has 2 saturated heterocycles. The Morgan fingerprint density at radius 2 is 1.93 bits per heavy atom. The number of nitrogens with zero attached hydrogens (tertiary/aromatic N) is 2. The number of aliphatic imine (C=N–C) groups is 1.